The summed E-state index contributed by atoms with van der Waals surface area (Å²) in [7, 11) is 4.18. The van der Waals surface area contributed by atoms with E-state index in [2.05, 4.69) is 34.6 Å². The molecule has 0 spiro atoms. The highest BCUT2D eigenvalue weighted by Gasteiger charge is 2.13. The Balaban J connectivity index is 2.07. The fourth-order valence-corrected chi connectivity index (χ4v) is 2.66. The van der Waals surface area contributed by atoms with Gasteiger partial charge in [-0.1, -0.05) is 6.07 Å². The predicted octanol–water partition coefficient (Wildman–Crippen LogP) is 2.63. The van der Waals surface area contributed by atoms with Crippen LogP contribution in [0.2, 0.25) is 0 Å². The van der Waals surface area contributed by atoms with Crippen molar-refractivity contribution in [1.82, 2.24) is 19.4 Å². The number of nitrogens with zero attached hydrogens (tertiary/aromatic N) is 4. The van der Waals surface area contributed by atoms with E-state index in [1.54, 1.807) is 12.4 Å². The predicted molar refractivity (Wildman–Crippen MR) is 90.5 cm³/mol. The molecule has 114 valence electrons. The SMILES string of the molecule is CN(C)CCCn1c(-c2ccncc2)nc2c(N)cccc21. The largest absolute Gasteiger partial charge is 0.397 e. The van der Waals surface area contributed by atoms with Crippen molar-refractivity contribution in [2.45, 2.75) is 13.0 Å². The van der Waals surface area contributed by atoms with Crippen molar-refractivity contribution >= 4 is 16.7 Å². The number of fused-ring (bicyclic) bond motifs is 1. The van der Waals surface area contributed by atoms with Crippen LogP contribution >= 0.6 is 0 Å². The zero-order valence-corrected chi connectivity index (χ0v) is 13.0. The summed E-state index contributed by atoms with van der Waals surface area (Å²) in [5, 5.41) is 0. The molecule has 22 heavy (non-hydrogen) atoms. The number of benzene rings is 1. The fraction of sp³-hybridized carbons (Fsp3) is 0.294. The van der Waals surface area contributed by atoms with Crippen molar-refractivity contribution in [1.29, 1.82) is 0 Å². The van der Waals surface area contributed by atoms with Gasteiger partial charge in [-0.25, -0.2) is 4.98 Å². The Bertz CT molecular complexity index is 761. The Hall–Kier alpha value is -2.40. The van der Waals surface area contributed by atoms with E-state index >= 15 is 0 Å². The molecule has 0 aliphatic rings. The molecule has 0 aliphatic carbocycles. The summed E-state index contributed by atoms with van der Waals surface area (Å²) in [6.45, 7) is 1.95. The molecule has 2 N–H and O–H groups in total. The molecule has 0 saturated heterocycles. The molecule has 5 nitrogen and oxygen atoms in total. The molecule has 0 fully saturated rings. The number of rotatable bonds is 5. The van der Waals surface area contributed by atoms with Crippen molar-refractivity contribution < 1.29 is 0 Å². The maximum absolute atomic E-state index is 6.10. The Kier molecular flexibility index (Phi) is 4.06. The smallest absolute Gasteiger partial charge is 0.141 e. The van der Waals surface area contributed by atoms with Gasteiger partial charge in [0, 0.05) is 24.5 Å². The highest BCUT2D eigenvalue weighted by Crippen LogP contribution is 2.27. The first-order chi connectivity index (χ1) is 10.7. The van der Waals surface area contributed by atoms with Gasteiger partial charge in [-0.05, 0) is 51.3 Å². The molecule has 0 bridgehead atoms. The van der Waals surface area contributed by atoms with Gasteiger partial charge in [-0.3, -0.25) is 4.98 Å². The first kappa shape index (κ1) is 14.5. The first-order valence-electron chi connectivity index (χ1n) is 7.46. The summed E-state index contributed by atoms with van der Waals surface area (Å²) in [6, 6.07) is 9.94. The van der Waals surface area contributed by atoms with E-state index in [1.807, 2.05) is 24.3 Å². The minimum atomic E-state index is 0.721. The monoisotopic (exact) mass is 295 g/mol. The third-order valence-electron chi connectivity index (χ3n) is 3.74. The van der Waals surface area contributed by atoms with Crippen LogP contribution in [0.4, 0.5) is 5.69 Å². The van der Waals surface area contributed by atoms with Gasteiger partial charge in [0.25, 0.3) is 0 Å². The van der Waals surface area contributed by atoms with E-state index in [-0.39, 0.29) is 0 Å². The van der Waals surface area contributed by atoms with Crippen LogP contribution in [0, 0.1) is 0 Å². The number of nitrogen functional groups attached to an aromatic ring is 1. The lowest BCUT2D eigenvalue weighted by Gasteiger charge is -2.12. The second-order valence-electron chi connectivity index (χ2n) is 5.69. The van der Waals surface area contributed by atoms with Crippen LogP contribution in [0.5, 0.6) is 0 Å². The van der Waals surface area contributed by atoms with E-state index < -0.39 is 0 Å². The van der Waals surface area contributed by atoms with Crippen molar-refractivity contribution in [2.24, 2.45) is 0 Å². The lowest BCUT2D eigenvalue weighted by Crippen LogP contribution is -2.15. The number of hydrogen-bond donors (Lipinski definition) is 1. The van der Waals surface area contributed by atoms with Crippen LogP contribution in [0.25, 0.3) is 22.4 Å². The molecule has 3 aromatic rings. The number of para-hydroxylation sites is 1. The van der Waals surface area contributed by atoms with Crippen molar-refractivity contribution in [2.75, 3.05) is 26.4 Å². The summed E-state index contributed by atoms with van der Waals surface area (Å²) in [6.07, 6.45) is 4.65. The fourth-order valence-electron chi connectivity index (χ4n) is 2.66. The van der Waals surface area contributed by atoms with E-state index in [0.717, 1.165) is 47.6 Å². The molecule has 2 heterocycles. The average Bonchev–Trinajstić information content (AvgIpc) is 2.88. The van der Waals surface area contributed by atoms with Gasteiger partial charge in [0.05, 0.1) is 11.2 Å². The van der Waals surface area contributed by atoms with Crippen molar-refractivity contribution in [3.8, 4) is 11.4 Å². The Morgan fingerprint density at radius 1 is 1.14 bits per heavy atom. The molecule has 1 aromatic carbocycles. The van der Waals surface area contributed by atoms with E-state index in [0.29, 0.717) is 0 Å². The Labute approximate surface area is 130 Å². The molecule has 3 rings (SSSR count). The third-order valence-corrected chi connectivity index (χ3v) is 3.74. The molecule has 0 amide bonds. The highest BCUT2D eigenvalue weighted by molar-refractivity contribution is 5.90. The zero-order valence-electron chi connectivity index (χ0n) is 13.0. The minimum Gasteiger partial charge on any atom is -0.397 e. The molecule has 0 radical (unpaired) electrons. The highest BCUT2D eigenvalue weighted by atomic mass is 15.1. The van der Waals surface area contributed by atoms with Gasteiger partial charge in [-0.2, -0.15) is 0 Å². The van der Waals surface area contributed by atoms with Gasteiger partial charge in [0.1, 0.15) is 11.3 Å². The van der Waals surface area contributed by atoms with Gasteiger partial charge in [-0.15, -0.1) is 0 Å². The molecule has 0 saturated carbocycles. The lowest BCUT2D eigenvalue weighted by atomic mass is 10.2. The zero-order chi connectivity index (χ0) is 15.5. The summed E-state index contributed by atoms with van der Waals surface area (Å²) in [5.74, 6) is 0.953. The van der Waals surface area contributed by atoms with Crippen LogP contribution in [-0.2, 0) is 6.54 Å². The Morgan fingerprint density at radius 3 is 2.64 bits per heavy atom. The normalized spacial score (nSPS) is 11.4. The number of aromatic nitrogens is 3. The number of aryl methyl sites for hydroxylation is 1. The van der Waals surface area contributed by atoms with E-state index in [9.17, 15) is 0 Å². The van der Waals surface area contributed by atoms with Gasteiger partial charge in [0.2, 0.25) is 0 Å². The van der Waals surface area contributed by atoms with Gasteiger partial charge in [0.15, 0.2) is 0 Å². The van der Waals surface area contributed by atoms with Crippen LogP contribution in [-0.4, -0.2) is 40.1 Å². The summed E-state index contributed by atoms with van der Waals surface area (Å²) in [5.41, 5.74) is 9.85. The Morgan fingerprint density at radius 2 is 1.91 bits per heavy atom. The second kappa shape index (κ2) is 6.15. The molecule has 5 heteroatoms. The molecule has 0 aliphatic heterocycles. The minimum absolute atomic E-state index is 0.721. The van der Waals surface area contributed by atoms with E-state index in [1.165, 1.54) is 0 Å². The summed E-state index contributed by atoms with van der Waals surface area (Å²) < 4.78 is 2.25. The number of imidazole rings is 1. The van der Waals surface area contributed by atoms with Crippen LogP contribution < -0.4 is 5.73 Å². The standard InChI is InChI=1S/C17H21N5/c1-21(2)11-4-12-22-15-6-3-5-14(18)16(15)20-17(22)13-7-9-19-10-8-13/h3,5-10H,4,11-12,18H2,1-2H3. The average molecular weight is 295 g/mol. The second-order valence-corrected chi connectivity index (χ2v) is 5.69. The van der Waals surface area contributed by atoms with Crippen LogP contribution in [0.15, 0.2) is 42.7 Å². The molecule has 0 unspecified atom stereocenters. The van der Waals surface area contributed by atoms with Crippen molar-refractivity contribution in [3.63, 3.8) is 0 Å². The van der Waals surface area contributed by atoms with Crippen molar-refractivity contribution in [3.05, 3.63) is 42.7 Å². The maximum atomic E-state index is 6.10. The van der Waals surface area contributed by atoms with Crippen LogP contribution in [0.1, 0.15) is 6.42 Å². The summed E-state index contributed by atoms with van der Waals surface area (Å²) in [4.78, 5) is 11.1. The number of nitrogens with two attached hydrogens (primary N) is 1. The van der Waals surface area contributed by atoms with Gasteiger partial charge < -0.3 is 15.2 Å². The molecular weight excluding hydrogens is 274 g/mol. The number of hydrogen-bond acceptors (Lipinski definition) is 4. The maximum Gasteiger partial charge on any atom is 0.141 e. The molecular formula is C17H21N5. The van der Waals surface area contributed by atoms with E-state index in [4.69, 9.17) is 10.7 Å². The quantitative estimate of drug-likeness (QED) is 0.735. The van der Waals surface area contributed by atoms with Gasteiger partial charge >= 0.3 is 0 Å². The topological polar surface area (TPSA) is 60.0 Å². The number of anilines is 1. The van der Waals surface area contributed by atoms with Crippen LogP contribution in [0.3, 0.4) is 0 Å². The summed E-state index contributed by atoms with van der Waals surface area (Å²) >= 11 is 0. The third kappa shape index (κ3) is 2.80. The molecule has 2 aromatic heterocycles. The lowest BCUT2D eigenvalue weighted by molar-refractivity contribution is 0.388. The number of pyridine rings is 1. The first-order valence-corrected chi connectivity index (χ1v) is 7.46. The molecule has 0 atom stereocenters.